The fraction of sp³-hybridized carbons (Fsp3) is 0.556. The Bertz CT molecular complexity index is 236. The van der Waals surface area contributed by atoms with Crippen LogP contribution in [0.2, 0.25) is 0 Å². The Kier molecular flexibility index (Phi) is 3.19. The molecular weight excluding hydrogens is 156 g/mol. The molecule has 0 rings (SSSR count). The monoisotopic (exact) mass is 170 g/mol. The number of allylic oxidation sites excluding steroid dienone is 1. The van der Waals surface area contributed by atoms with E-state index < -0.39 is 11.4 Å². The summed E-state index contributed by atoms with van der Waals surface area (Å²) in [6.45, 7) is 6.53. The first-order chi connectivity index (χ1) is 5.28. The Morgan fingerprint density at radius 3 is 1.92 bits per heavy atom. The Balaban J connectivity index is 4.79. The number of Topliss-reactive ketones (excluding diaryl/α,β-unsaturated/α-hetero) is 1. The lowest BCUT2D eigenvalue weighted by Gasteiger charge is -2.21. The van der Waals surface area contributed by atoms with Crippen LogP contribution in [0.4, 0.5) is 0 Å². The molecule has 0 aromatic heterocycles. The van der Waals surface area contributed by atoms with Crippen molar-refractivity contribution >= 4 is 11.8 Å². The van der Waals surface area contributed by atoms with E-state index in [0.717, 1.165) is 6.08 Å². The van der Waals surface area contributed by atoms with Crippen LogP contribution in [-0.2, 0) is 9.59 Å². The van der Waals surface area contributed by atoms with Crippen LogP contribution in [0.25, 0.3) is 0 Å². The molecule has 0 aliphatic carbocycles. The normalized spacial score (nSPS) is 12.8. The molecule has 3 nitrogen and oxygen atoms in total. The number of hydrogen-bond acceptors (Lipinski definition) is 2. The van der Waals surface area contributed by atoms with Crippen molar-refractivity contribution < 1.29 is 14.7 Å². The van der Waals surface area contributed by atoms with E-state index in [-0.39, 0.29) is 5.78 Å². The predicted octanol–water partition coefficient (Wildman–Crippen LogP) is 1.63. The maximum atomic E-state index is 11.1. The summed E-state index contributed by atoms with van der Waals surface area (Å²) in [5.41, 5.74) is -0.0965. The van der Waals surface area contributed by atoms with Gasteiger partial charge in [-0.2, -0.15) is 0 Å². The number of carbonyl (C=O) groups is 2. The Morgan fingerprint density at radius 1 is 1.25 bits per heavy atom. The van der Waals surface area contributed by atoms with Gasteiger partial charge < -0.3 is 5.11 Å². The third kappa shape index (κ3) is 2.49. The number of carboxylic acid groups (broad SMARTS) is 1. The summed E-state index contributed by atoms with van der Waals surface area (Å²) in [5.74, 6) is -1.04. The number of ketones is 1. The highest BCUT2D eigenvalue weighted by atomic mass is 16.4. The predicted molar refractivity (Wildman–Crippen MR) is 45.9 cm³/mol. The Hall–Kier alpha value is -1.12. The quantitative estimate of drug-likeness (QED) is 0.655. The topological polar surface area (TPSA) is 54.4 Å². The minimum absolute atomic E-state index is 0.0301. The SMILES string of the molecule is CC(=O)C(C)(C)C(C)=CC(=O)O. The molecule has 3 heteroatoms. The van der Waals surface area contributed by atoms with Gasteiger partial charge in [-0.05, 0) is 27.7 Å². The number of carbonyl (C=O) groups excluding carboxylic acids is 1. The summed E-state index contributed by atoms with van der Waals surface area (Å²) >= 11 is 0. The van der Waals surface area contributed by atoms with Gasteiger partial charge in [0.25, 0.3) is 0 Å². The second-order valence-electron chi connectivity index (χ2n) is 3.35. The lowest BCUT2D eigenvalue weighted by molar-refractivity contribution is -0.131. The Morgan fingerprint density at radius 2 is 1.67 bits per heavy atom. The molecule has 0 atom stereocenters. The summed E-state index contributed by atoms with van der Waals surface area (Å²) in [6.07, 6.45) is 1.07. The molecule has 0 aromatic rings. The van der Waals surface area contributed by atoms with E-state index in [1.165, 1.54) is 6.92 Å². The van der Waals surface area contributed by atoms with E-state index in [1.54, 1.807) is 20.8 Å². The molecule has 1 N–H and O–H groups in total. The smallest absolute Gasteiger partial charge is 0.328 e. The maximum Gasteiger partial charge on any atom is 0.328 e. The number of rotatable bonds is 3. The summed E-state index contributed by atoms with van der Waals surface area (Å²) in [4.78, 5) is 21.3. The average molecular weight is 170 g/mol. The number of aliphatic carboxylic acids is 1. The summed E-state index contributed by atoms with van der Waals surface area (Å²) in [7, 11) is 0. The van der Waals surface area contributed by atoms with Crippen molar-refractivity contribution in [1.82, 2.24) is 0 Å². The van der Waals surface area contributed by atoms with Crippen molar-refractivity contribution in [3.8, 4) is 0 Å². The second-order valence-corrected chi connectivity index (χ2v) is 3.35. The molecule has 0 unspecified atom stereocenters. The molecule has 12 heavy (non-hydrogen) atoms. The summed E-state index contributed by atoms with van der Waals surface area (Å²) < 4.78 is 0. The van der Waals surface area contributed by atoms with Gasteiger partial charge in [0.2, 0.25) is 0 Å². The molecular formula is C9H14O3. The maximum absolute atomic E-state index is 11.1. The summed E-state index contributed by atoms with van der Waals surface area (Å²) in [5, 5.41) is 8.44. The van der Waals surface area contributed by atoms with E-state index in [9.17, 15) is 9.59 Å². The molecule has 0 aromatic carbocycles. The minimum Gasteiger partial charge on any atom is -0.478 e. The molecule has 0 spiro atoms. The van der Waals surface area contributed by atoms with Gasteiger partial charge >= 0.3 is 5.97 Å². The first kappa shape index (κ1) is 10.9. The standard InChI is InChI=1S/C9H14O3/c1-6(5-8(11)12)9(3,4)7(2)10/h5H,1-4H3,(H,11,12). The molecule has 68 valence electrons. The third-order valence-corrected chi connectivity index (χ3v) is 2.21. The lowest BCUT2D eigenvalue weighted by atomic mass is 9.81. The zero-order valence-electron chi connectivity index (χ0n) is 7.84. The van der Waals surface area contributed by atoms with Crippen LogP contribution in [0, 0.1) is 5.41 Å². The van der Waals surface area contributed by atoms with E-state index in [0.29, 0.717) is 5.57 Å². The third-order valence-electron chi connectivity index (χ3n) is 2.21. The molecule has 0 fully saturated rings. The van der Waals surface area contributed by atoms with Gasteiger partial charge in [-0.3, -0.25) is 4.79 Å². The fourth-order valence-electron chi connectivity index (χ4n) is 0.643. The molecule has 0 aliphatic rings. The van der Waals surface area contributed by atoms with E-state index in [4.69, 9.17) is 5.11 Å². The van der Waals surface area contributed by atoms with Gasteiger partial charge in [0.1, 0.15) is 5.78 Å². The average Bonchev–Trinajstić information content (AvgIpc) is 1.85. The van der Waals surface area contributed by atoms with Gasteiger partial charge in [-0.1, -0.05) is 5.57 Å². The van der Waals surface area contributed by atoms with Crippen LogP contribution in [0.3, 0.4) is 0 Å². The first-order valence-electron chi connectivity index (χ1n) is 3.71. The highest BCUT2D eigenvalue weighted by Gasteiger charge is 2.25. The zero-order chi connectivity index (χ0) is 9.94. The molecule has 0 saturated carbocycles. The molecule has 0 aliphatic heterocycles. The summed E-state index contributed by atoms with van der Waals surface area (Å²) in [6, 6.07) is 0. The van der Waals surface area contributed by atoms with Crippen molar-refractivity contribution in [2.24, 2.45) is 5.41 Å². The minimum atomic E-state index is -1.01. The van der Waals surface area contributed by atoms with Crippen molar-refractivity contribution in [3.63, 3.8) is 0 Å². The van der Waals surface area contributed by atoms with Crippen LogP contribution in [0.15, 0.2) is 11.6 Å². The van der Waals surface area contributed by atoms with Crippen LogP contribution in [0.1, 0.15) is 27.7 Å². The number of carboxylic acids is 1. The van der Waals surface area contributed by atoms with Crippen molar-refractivity contribution in [2.75, 3.05) is 0 Å². The van der Waals surface area contributed by atoms with Gasteiger partial charge in [0.05, 0.1) is 0 Å². The Labute approximate surface area is 72.1 Å². The molecule has 0 heterocycles. The molecule has 0 bridgehead atoms. The van der Waals surface area contributed by atoms with E-state index in [1.807, 2.05) is 0 Å². The van der Waals surface area contributed by atoms with Crippen LogP contribution in [0.5, 0.6) is 0 Å². The number of hydrogen-bond donors (Lipinski definition) is 1. The van der Waals surface area contributed by atoms with E-state index in [2.05, 4.69) is 0 Å². The first-order valence-corrected chi connectivity index (χ1v) is 3.71. The zero-order valence-corrected chi connectivity index (χ0v) is 7.84. The van der Waals surface area contributed by atoms with Crippen molar-refractivity contribution in [1.29, 1.82) is 0 Å². The van der Waals surface area contributed by atoms with Crippen molar-refractivity contribution in [2.45, 2.75) is 27.7 Å². The molecule has 0 amide bonds. The van der Waals surface area contributed by atoms with Crippen LogP contribution >= 0.6 is 0 Å². The van der Waals surface area contributed by atoms with Crippen LogP contribution in [-0.4, -0.2) is 16.9 Å². The lowest BCUT2D eigenvalue weighted by Crippen LogP contribution is -2.23. The second kappa shape index (κ2) is 3.52. The highest BCUT2D eigenvalue weighted by molar-refractivity contribution is 5.88. The van der Waals surface area contributed by atoms with Crippen LogP contribution < -0.4 is 0 Å². The van der Waals surface area contributed by atoms with Gasteiger partial charge in [-0.25, -0.2) is 4.79 Å². The largest absolute Gasteiger partial charge is 0.478 e. The molecule has 0 radical (unpaired) electrons. The van der Waals surface area contributed by atoms with Gasteiger partial charge in [0.15, 0.2) is 0 Å². The van der Waals surface area contributed by atoms with Gasteiger partial charge in [0, 0.05) is 11.5 Å². The van der Waals surface area contributed by atoms with Gasteiger partial charge in [-0.15, -0.1) is 0 Å². The molecule has 0 saturated heterocycles. The highest BCUT2D eigenvalue weighted by Crippen LogP contribution is 2.26. The fourth-order valence-corrected chi connectivity index (χ4v) is 0.643. The van der Waals surface area contributed by atoms with E-state index >= 15 is 0 Å². The van der Waals surface area contributed by atoms with Crippen molar-refractivity contribution in [3.05, 3.63) is 11.6 Å².